The number of rotatable bonds is 4. The van der Waals surface area contributed by atoms with Crippen LogP contribution in [0.2, 0.25) is 0 Å². The zero-order valence-corrected chi connectivity index (χ0v) is 15.5. The van der Waals surface area contributed by atoms with Crippen LogP contribution in [0.15, 0.2) is 41.2 Å². The minimum Gasteiger partial charge on any atom is -0.362 e. The Morgan fingerprint density at radius 2 is 2.07 bits per heavy atom. The second-order valence-corrected chi connectivity index (χ2v) is 8.13. The van der Waals surface area contributed by atoms with Gasteiger partial charge in [0.25, 0.3) is 5.91 Å². The average molecular weight is 412 g/mol. The third kappa shape index (κ3) is 3.59. The lowest BCUT2D eigenvalue weighted by molar-refractivity contribution is -0.173. The molecule has 0 radical (unpaired) electrons. The van der Waals surface area contributed by atoms with Crippen LogP contribution in [0.3, 0.4) is 0 Å². The highest BCUT2D eigenvalue weighted by molar-refractivity contribution is 7.10. The van der Waals surface area contributed by atoms with Crippen LogP contribution in [0.25, 0.3) is 0 Å². The van der Waals surface area contributed by atoms with Gasteiger partial charge in [-0.15, -0.1) is 22.7 Å². The number of carbonyl (C=O) groups excluding carboxylic acids is 1. The van der Waals surface area contributed by atoms with E-state index in [4.69, 9.17) is 0 Å². The van der Waals surface area contributed by atoms with Gasteiger partial charge in [-0.2, -0.15) is 18.3 Å². The number of alkyl halides is 3. The van der Waals surface area contributed by atoms with Crippen molar-refractivity contribution < 1.29 is 18.0 Å². The van der Waals surface area contributed by atoms with Crippen LogP contribution in [0.5, 0.6) is 0 Å². The number of nitrogens with zero attached hydrogens (tertiary/aromatic N) is 2. The van der Waals surface area contributed by atoms with Crippen molar-refractivity contribution in [3.8, 4) is 0 Å². The molecule has 0 fully saturated rings. The van der Waals surface area contributed by atoms with Gasteiger partial charge < -0.3 is 10.6 Å². The smallest absolute Gasteiger partial charge is 0.362 e. The van der Waals surface area contributed by atoms with Crippen molar-refractivity contribution in [1.29, 1.82) is 0 Å². The van der Waals surface area contributed by atoms with Crippen LogP contribution in [-0.2, 0) is 6.54 Å². The number of nitrogens with one attached hydrogen (secondary N) is 2. The van der Waals surface area contributed by atoms with Gasteiger partial charge >= 0.3 is 6.18 Å². The number of amides is 1. The summed E-state index contributed by atoms with van der Waals surface area (Å²) < 4.78 is 41.7. The molecule has 2 N–H and O–H groups in total. The monoisotopic (exact) mass is 412 g/mol. The molecular formula is C17H15F3N4OS2. The van der Waals surface area contributed by atoms with Crippen molar-refractivity contribution in [3.63, 3.8) is 0 Å². The van der Waals surface area contributed by atoms with Gasteiger partial charge in [-0.25, -0.2) is 4.68 Å². The van der Waals surface area contributed by atoms with Gasteiger partial charge in [-0.3, -0.25) is 4.79 Å². The fourth-order valence-corrected chi connectivity index (χ4v) is 4.52. The number of hydrogen-bond donors (Lipinski definition) is 2. The predicted octanol–water partition coefficient (Wildman–Crippen LogP) is 4.60. The minimum absolute atomic E-state index is 0.102. The molecule has 0 saturated carbocycles. The van der Waals surface area contributed by atoms with Gasteiger partial charge in [0.2, 0.25) is 0 Å². The molecular weight excluding hydrogens is 397 g/mol. The van der Waals surface area contributed by atoms with Crippen LogP contribution in [0.4, 0.5) is 19.0 Å². The zero-order chi connectivity index (χ0) is 19.0. The molecule has 5 nitrogen and oxygen atoms in total. The lowest BCUT2D eigenvalue weighted by atomic mass is 10.0. The van der Waals surface area contributed by atoms with Crippen LogP contribution >= 0.6 is 22.7 Å². The molecule has 3 aromatic heterocycles. The fourth-order valence-electron chi connectivity index (χ4n) is 3.08. The van der Waals surface area contributed by atoms with Crippen molar-refractivity contribution in [2.24, 2.45) is 0 Å². The first-order valence-corrected chi connectivity index (χ1v) is 9.94. The summed E-state index contributed by atoms with van der Waals surface area (Å²) in [6.45, 7) is 0.318. The molecule has 4 heterocycles. The molecule has 27 heavy (non-hydrogen) atoms. The maximum atomic E-state index is 13.6. The first kappa shape index (κ1) is 18.1. The normalized spacial score (nSPS) is 19.4. The summed E-state index contributed by atoms with van der Waals surface area (Å²) in [5, 5.41) is 13.4. The summed E-state index contributed by atoms with van der Waals surface area (Å²) in [6, 6.07) is 5.03. The summed E-state index contributed by atoms with van der Waals surface area (Å²) in [7, 11) is 0. The third-order valence-electron chi connectivity index (χ3n) is 4.37. The molecule has 3 aromatic rings. The molecule has 1 amide bonds. The van der Waals surface area contributed by atoms with E-state index in [2.05, 4.69) is 15.7 Å². The molecule has 0 aliphatic carbocycles. The van der Waals surface area contributed by atoms with Crippen LogP contribution in [0.1, 0.15) is 38.6 Å². The second kappa shape index (κ2) is 7.01. The maximum Gasteiger partial charge on any atom is 0.410 e. The fraction of sp³-hybridized carbons (Fsp3) is 0.294. The molecule has 1 aliphatic heterocycles. The Bertz CT molecular complexity index is 919. The van der Waals surface area contributed by atoms with E-state index in [1.165, 1.54) is 28.9 Å². The quantitative estimate of drug-likeness (QED) is 0.659. The Morgan fingerprint density at radius 3 is 2.74 bits per heavy atom. The number of hydrogen-bond acceptors (Lipinski definition) is 5. The van der Waals surface area contributed by atoms with Gasteiger partial charge in [-0.05, 0) is 22.9 Å². The van der Waals surface area contributed by atoms with Gasteiger partial charge in [0.05, 0.1) is 18.8 Å². The highest BCUT2D eigenvalue weighted by Crippen LogP contribution is 2.45. The van der Waals surface area contributed by atoms with Gasteiger partial charge in [0, 0.05) is 16.2 Å². The SMILES string of the molecule is O=C(NCc1cccs1)c1cnn2c1N[C@H](c1cccs1)C[C@H]2C(F)(F)F. The summed E-state index contributed by atoms with van der Waals surface area (Å²) >= 11 is 2.88. The molecule has 0 bridgehead atoms. The van der Waals surface area contributed by atoms with Crippen LogP contribution in [-0.4, -0.2) is 21.9 Å². The summed E-state index contributed by atoms with van der Waals surface area (Å²) in [5.41, 5.74) is 0.113. The Balaban J connectivity index is 1.63. The molecule has 10 heteroatoms. The molecule has 0 saturated heterocycles. The van der Waals surface area contributed by atoms with Crippen molar-refractivity contribution in [2.75, 3.05) is 5.32 Å². The van der Waals surface area contributed by atoms with Gasteiger partial charge in [0.1, 0.15) is 11.4 Å². The van der Waals surface area contributed by atoms with E-state index in [0.29, 0.717) is 6.54 Å². The summed E-state index contributed by atoms with van der Waals surface area (Å²) in [5.74, 6) is -0.351. The first-order chi connectivity index (χ1) is 12.9. The van der Waals surface area contributed by atoms with Crippen LogP contribution < -0.4 is 10.6 Å². The Morgan fingerprint density at radius 1 is 1.30 bits per heavy atom. The number of thiophene rings is 2. The van der Waals surface area contributed by atoms with Crippen molar-refractivity contribution in [1.82, 2.24) is 15.1 Å². The maximum absolute atomic E-state index is 13.6. The van der Waals surface area contributed by atoms with E-state index in [0.717, 1.165) is 14.4 Å². The highest BCUT2D eigenvalue weighted by atomic mass is 32.1. The summed E-state index contributed by atoms with van der Waals surface area (Å²) in [4.78, 5) is 14.3. The molecule has 2 atom stereocenters. The number of carbonyl (C=O) groups is 1. The lowest BCUT2D eigenvalue weighted by Gasteiger charge is -2.33. The number of halogens is 3. The van der Waals surface area contributed by atoms with Crippen LogP contribution in [0, 0.1) is 0 Å². The Hall–Kier alpha value is -2.33. The molecule has 4 rings (SSSR count). The first-order valence-electron chi connectivity index (χ1n) is 8.18. The zero-order valence-electron chi connectivity index (χ0n) is 13.9. The van der Waals surface area contributed by atoms with Crippen molar-refractivity contribution in [2.45, 2.75) is 31.2 Å². The molecule has 142 valence electrons. The Labute approximate surface area is 160 Å². The number of fused-ring (bicyclic) bond motifs is 1. The molecule has 1 aliphatic rings. The molecule has 0 spiro atoms. The van der Waals surface area contributed by atoms with Crippen molar-refractivity contribution in [3.05, 3.63) is 56.5 Å². The van der Waals surface area contributed by atoms with E-state index < -0.39 is 24.2 Å². The largest absolute Gasteiger partial charge is 0.410 e. The number of anilines is 1. The average Bonchev–Trinajstić information content (AvgIpc) is 3.39. The topological polar surface area (TPSA) is 59.0 Å². The number of aromatic nitrogens is 2. The van der Waals surface area contributed by atoms with Gasteiger partial charge in [0.15, 0.2) is 6.04 Å². The van der Waals surface area contributed by atoms with Gasteiger partial charge in [-0.1, -0.05) is 12.1 Å². The van der Waals surface area contributed by atoms with E-state index in [1.54, 1.807) is 12.1 Å². The van der Waals surface area contributed by atoms with E-state index in [9.17, 15) is 18.0 Å². The lowest BCUT2D eigenvalue weighted by Crippen LogP contribution is -2.36. The Kier molecular flexibility index (Phi) is 4.68. The third-order valence-corrected chi connectivity index (χ3v) is 6.24. The van der Waals surface area contributed by atoms with Crippen molar-refractivity contribution >= 4 is 34.4 Å². The second-order valence-electron chi connectivity index (χ2n) is 6.12. The van der Waals surface area contributed by atoms with E-state index in [1.807, 2.05) is 22.9 Å². The molecule has 0 unspecified atom stereocenters. The van der Waals surface area contributed by atoms with E-state index >= 15 is 0 Å². The van der Waals surface area contributed by atoms with E-state index in [-0.39, 0.29) is 17.8 Å². The molecule has 0 aromatic carbocycles. The predicted molar refractivity (Wildman–Crippen MR) is 98.1 cm³/mol. The standard InChI is InChI=1S/C17H15F3N4OS2/c18-17(19,20)14-7-12(13-4-2-6-27-13)23-15-11(9-22-24(14)15)16(25)21-8-10-3-1-5-26-10/h1-6,9,12,14,23H,7-8H2,(H,21,25)/t12-,14-/m0/s1. The summed E-state index contributed by atoms with van der Waals surface area (Å²) in [6.07, 6.45) is -3.43. The minimum atomic E-state index is -4.46. The highest BCUT2D eigenvalue weighted by Gasteiger charge is 2.47.